The number of nitrogens with zero attached hydrogens (tertiary/aromatic N) is 3. The van der Waals surface area contributed by atoms with Gasteiger partial charge in [0.15, 0.2) is 0 Å². The summed E-state index contributed by atoms with van der Waals surface area (Å²) >= 11 is 0. The van der Waals surface area contributed by atoms with Crippen LogP contribution in [0, 0.1) is 11.3 Å². The minimum atomic E-state index is -0.145. The number of hydrogen-bond acceptors (Lipinski definition) is 3. The topological polar surface area (TPSA) is 47.3 Å². The summed E-state index contributed by atoms with van der Waals surface area (Å²) in [5, 5.41) is 9.26. The molecule has 1 saturated heterocycles. The molecular weight excluding hydrogens is 262 g/mol. The SMILES string of the molecule is CN(C)c1ccc(/C=C(\C#N)C(=O)N2CCCCC2)cc1. The normalized spacial score (nSPS) is 15.5. The van der Waals surface area contributed by atoms with Gasteiger partial charge in [-0.3, -0.25) is 4.79 Å². The number of likely N-dealkylation sites (tertiary alicyclic amines) is 1. The van der Waals surface area contributed by atoms with Gasteiger partial charge in [0.25, 0.3) is 5.91 Å². The molecule has 2 rings (SSSR count). The molecule has 0 aromatic heterocycles. The summed E-state index contributed by atoms with van der Waals surface area (Å²) in [5.74, 6) is -0.145. The highest BCUT2D eigenvalue weighted by Crippen LogP contribution is 2.17. The molecule has 0 radical (unpaired) electrons. The monoisotopic (exact) mass is 283 g/mol. The van der Waals surface area contributed by atoms with Gasteiger partial charge in [0.05, 0.1) is 0 Å². The summed E-state index contributed by atoms with van der Waals surface area (Å²) in [6, 6.07) is 9.85. The quantitative estimate of drug-likeness (QED) is 0.633. The molecule has 1 aliphatic rings. The molecule has 1 aromatic carbocycles. The maximum atomic E-state index is 12.3. The predicted molar refractivity (Wildman–Crippen MR) is 84.8 cm³/mol. The van der Waals surface area contributed by atoms with Gasteiger partial charge in [-0.2, -0.15) is 5.26 Å². The Hall–Kier alpha value is -2.28. The van der Waals surface area contributed by atoms with E-state index < -0.39 is 0 Å². The van der Waals surface area contributed by atoms with Gasteiger partial charge in [0.2, 0.25) is 0 Å². The lowest BCUT2D eigenvalue weighted by molar-refractivity contribution is -0.127. The van der Waals surface area contributed by atoms with Crippen LogP contribution in [-0.4, -0.2) is 38.0 Å². The number of anilines is 1. The summed E-state index contributed by atoms with van der Waals surface area (Å²) in [7, 11) is 3.96. The van der Waals surface area contributed by atoms with E-state index in [1.54, 1.807) is 11.0 Å². The maximum Gasteiger partial charge on any atom is 0.264 e. The largest absolute Gasteiger partial charge is 0.378 e. The molecule has 1 fully saturated rings. The van der Waals surface area contributed by atoms with Gasteiger partial charge in [-0.1, -0.05) is 12.1 Å². The van der Waals surface area contributed by atoms with Crippen LogP contribution < -0.4 is 4.90 Å². The third-order valence-electron chi connectivity index (χ3n) is 3.71. The number of piperidine rings is 1. The van der Waals surface area contributed by atoms with Gasteiger partial charge in [-0.25, -0.2) is 0 Å². The molecule has 0 aliphatic carbocycles. The number of carbonyl (C=O) groups is 1. The lowest BCUT2D eigenvalue weighted by Crippen LogP contribution is -2.36. The number of carbonyl (C=O) groups excluding carboxylic acids is 1. The van der Waals surface area contributed by atoms with E-state index in [0.717, 1.165) is 37.2 Å². The predicted octanol–water partition coefficient (Wildman–Crippen LogP) is 2.67. The van der Waals surface area contributed by atoms with Gasteiger partial charge in [0.1, 0.15) is 11.6 Å². The first kappa shape index (κ1) is 15.1. The van der Waals surface area contributed by atoms with Crippen LogP contribution in [-0.2, 0) is 4.79 Å². The van der Waals surface area contributed by atoms with Gasteiger partial charge in [-0.05, 0) is 43.0 Å². The molecule has 1 heterocycles. The lowest BCUT2D eigenvalue weighted by Gasteiger charge is -2.26. The molecule has 0 bridgehead atoms. The minimum absolute atomic E-state index is 0.145. The number of hydrogen-bond donors (Lipinski definition) is 0. The minimum Gasteiger partial charge on any atom is -0.378 e. The Morgan fingerprint density at radius 2 is 1.81 bits per heavy atom. The van der Waals surface area contributed by atoms with E-state index in [-0.39, 0.29) is 11.5 Å². The van der Waals surface area contributed by atoms with Crippen molar-refractivity contribution in [1.82, 2.24) is 4.90 Å². The van der Waals surface area contributed by atoms with Crippen LogP contribution in [0.5, 0.6) is 0 Å². The number of rotatable bonds is 3. The molecule has 0 N–H and O–H groups in total. The lowest BCUT2D eigenvalue weighted by atomic mass is 10.1. The molecule has 0 saturated carbocycles. The Balaban J connectivity index is 2.16. The Morgan fingerprint density at radius 3 is 2.33 bits per heavy atom. The van der Waals surface area contributed by atoms with Crippen LogP contribution in [0.3, 0.4) is 0 Å². The second-order valence-corrected chi connectivity index (χ2v) is 5.51. The second-order valence-electron chi connectivity index (χ2n) is 5.51. The molecular formula is C17H21N3O. The van der Waals surface area contributed by atoms with E-state index >= 15 is 0 Å². The van der Waals surface area contributed by atoms with Crippen LogP contribution >= 0.6 is 0 Å². The van der Waals surface area contributed by atoms with Crippen molar-refractivity contribution in [2.75, 3.05) is 32.1 Å². The molecule has 0 atom stereocenters. The smallest absolute Gasteiger partial charge is 0.264 e. The average molecular weight is 283 g/mol. The van der Waals surface area contributed by atoms with Gasteiger partial charge in [-0.15, -0.1) is 0 Å². The molecule has 1 aromatic rings. The standard InChI is InChI=1S/C17H21N3O/c1-19(2)16-8-6-14(7-9-16)12-15(13-18)17(21)20-10-4-3-5-11-20/h6-9,12H,3-5,10-11H2,1-2H3/b15-12+. The second kappa shape index (κ2) is 6.94. The van der Waals surface area contributed by atoms with Crippen LogP contribution in [0.4, 0.5) is 5.69 Å². The summed E-state index contributed by atoms with van der Waals surface area (Å²) in [6.07, 6.45) is 4.90. The average Bonchev–Trinajstić information content (AvgIpc) is 2.53. The molecule has 0 unspecified atom stereocenters. The molecule has 4 heteroatoms. The number of nitriles is 1. The first-order chi connectivity index (χ1) is 10.1. The van der Waals surface area contributed by atoms with Crippen molar-refractivity contribution in [2.24, 2.45) is 0 Å². The summed E-state index contributed by atoms with van der Waals surface area (Å²) < 4.78 is 0. The Morgan fingerprint density at radius 1 is 1.19 bits per heavy atom. The zero-order valence-corrected chi connectivity index (χ0v) is 12.7. The van der Waals surface area contributed by atoms with Gasteiger partial charge in [0, 0.05) is 32.9 Å². The van der Waals surface area contributed by atoms with E-state index in [1.165, 1.54) is 6.42 Å². The van der Waals surface area contributed by atoms with E-state index in [4.69, 9.17) is 0 Å². The maximum absolute atomic E-state index is 12.3. The van der Waals surface area contributed by atoms with E-state index in [1.807, 2.05) is 49.3 Å². The van der Waals surface area contributed by atoms with Crippen molar-refractivity contribution in [3.63, 3.8) is 0 Å². The van der Waals surface area contributed by atoms with Crippen molar-refractivity contribution in [2.45, 2.75) is 19.3 Å². The van der Waals surface area contributed by atoms with E-state index in [9.17, 15) is 10.1 Å². The first-order valence-corrected chi connectivity index (χ1v) is 7.30. The fourth-order valence-electron chi connectivity index (χ4n) is 2.44. The number of benzene rings is 1. The Bertz CT molecular complexity index is 561. The molecule has 21 heavy (non-hydrogen) atoms. The summed E-state index contributed by atoms with van der Waals surface area (Å²) in [6.45, 7) is 1.52. The van der Waals surface area contributed by atoms with Crippen molar-refractivity contribution in [3.8, 4) is 6.07 Å². The molecule has 1 aliphatic heterocycles. The highest BCUT2D eigenvalue weighted by atomic mass is 16.2. The van der Waals surface area contributed by atoms with Crippen LogP contribution in [0.1, 0.15) is 24.8 Å². The third kappa shape index (κ3) is 3.85. The van der Waals surface area contributed by atoms with Crippen LogP contribution in [0.25, 0.3) is 6.08 Å². The third-order valence-corrected chi connectivity index (χ3v) is 3.71. The van der Waals surface area contributed by atoms with Gasteiger partial charge < -0.3 is 9.80 Å². The number of amides is 1. The fraction of sp³-hybridized carbons (Fsp3) is 0.412. The molecule has 0 spiro atoms. The zero-order valence-electron chi connectivity index (χ0n) is 12.7. The first-order valence-electron chi connectivity index (χ1n) is 7.30. The van der Waals surface area contributed by atoms with E-state index in [2.05, 4.69) is 0 Å². The zero-order chi connectivity index (χ0) is 15.2. The van der Waals surface area contributed by atoms with Crippen molar-refractivity contribution < 1.29 is 4.79 Å². The van der Waals surface area contributed by atoms with Crippen LogP contribution in [0.2, 0.25) is 0 Å². The summed E-state index contributed by atoms with van der Waals surface area (Å²) in [4.78, 5) is 16.1. The van der Waals surface area contributed by atoms with Crippen molar-refractivity contribution in [1.29, 1.82) is 5.26 Å². The Labute approximate surface area is 126 Å². The molecule has 110 valence electrons. The Kier molecular flexibility index (Phi) is 4.99. The highest BCUT2D eigenvalue weighted by Gasteiger charge is 2.20. The van der Waals surface area contributed by atoms with Gasteiger partial charge >= 0.3 is 0 Å². The summed E-state index contributed by atoms with van der Waals surface area (Å²) in [5.41, 5.74) is 2.19. The van der Waals surface area contributed by atoms with E-state index in [0.29, 0.717) is 0 Å². The highest BCUT2D eigenvalue weighted by molar-refractivity contribution is 6.01. The fourth-order valence-corrected chi connectivity index (χ4v) is 2.44. The molecule has 4 nitrogen and oxygen atoms in total. The molecule has 1 amide bonds. The van der Waals surface area contributed by atoms with Crippen LogP contribution in [0.15, 0.2) is 29.8 Å². The van der Waals surface area contributed by atoms with Crippen molar-refractivity contribution in [3.05, 3.63) is 35.4 Å². The van der Waals surface area contributed by atoms with Crippen molar-refractivity contribution >= 4 is 17.7 Å².